The highest BCUT2D eigenvalue weighted by Gasteiger charge is 2.43. The number of fused-ring (bicyclic) bond motifs is 1. The van der Waals surface area contributed by atoms with Gasteiger partial charge in [-0.05, 0) is 24.7 Å². The highest BCUT2D eigenvalue weighted by molar-refractivity contribution is 5.53. The molecular formula is C22H28N6O3. The second-order valence-electron chi connectivity index (χ2n) is 8.53. The maximum atomic E-state index is 5.86. The van der Waals surface area contributed by atoms with E-state index in [-0.39, 0.29) is 12.1 Å². The Morgan fingerprint density at radius 2 is 1.90 bits per heavy atom. The first-order valence-electron chi connectivity index (χ1n) is 10.8. The SMILES string of the molecule is COCc1cn([C@@H]2C[C@@H]3CN(Cc4nc(-c5ccccc5)no4)C[C@@H]3C[C@H]2OC)nn1. The van der Waals surface area contributed by atoms with Crippen LogP contribution in [-0.2, 0) is 22.6 Å². The van der Waals surface area contributed by atoms with Crippen molar-refractivity contribution in [3.05, 3.63) is 48.1 Å². The van der Waals surface area contributed by atoms with Crippen molar-refractivity contribution in [3.8, 4) is 11.4 Å². The maximum absolute atomic E-state index is 5.86. The normalized spacial score (nSPS) is 26.3. The average molecular weight is 425 g/mol. The minimum Gasteiger partial charge on any atom is -0.379 e. The van der Waals surface area contributed by atoms with Gasteiger partial charge < -0.3 is 14.0 Å². The minimum absolute atomic E-state index is 0.131. The third kappa shape index (κ3) is 4.26. The second kappa shape index (κ2) is 8.86. The van der Waals surface area contributed by atoms with Crippen molar-refractivity contribution in [2.75, 3.05) is 27.3 Å². The Morgan fingerprint density at radius 1 is 1.10 bits per heavy atom. The van der Waals surface area contributed by atoms with Crippen LogP contribution in [0.1, 0.15) is 30.5 Å². The van der Waals surface area contributed by atoms with Crippen molar-refractivity contribution in [2.24, 2.45) is 11.8 Å². The first-order chi connectivity index (χ1) is 15.2. The number of aromatic nitrogens is 5. The van der Waals surface area contributed by atoms with Crippen molar-refractivity contribution in [2.45, 2.75) is 38.1 Å². The van der Waals surface area contributed by atoms with E-state index in [0.717, 1.165) is 37.2 Å². The van der Waals surface area contributed by atoms with Gasteiger partial charge in [0.2, 0.25) is 11.7 Å². The van der Waals surface area contributed by atoms with Crippen LogP contribution in [0.2, 0.25) is 0 Å². The molecular weight excluding hydrogens is 396 g/mol. The number of hydrogen-bond acceptors (Lipinski definition) is 8. The van der Waals surface area contributed by atoms with Gasteiger partial charge in [0.1, 0.15) is 5.69 Å². The molecule has 1 aromatic carbocycles. The summed E-state index contributed by atoms with van der Waals surface area (Å²) in [5.74, 6) is 2.49. The Balaban J connectivity index is 1.24. The third-order valence-corrected chi connectivity index (χ3v) is 6.51. The van der Waals surface area contributed by atoms with Crippen molar-refractivity contribution >= 4 is 0 Å². The van der Waals surface area contributed by atoms with E-state index in [9.17, 15) is 0 Å². The molecule has 0 unspecified atom stereocenters. The van der Waals surface area contributed by atoms with Crippen LogP contribution in [0.15, 0.2) is 41.1 Å². The highest BCUT2D eigenvalue weighted by atomic mass is 16.5. The van der Waals surface area contributed by atoms with Crippen LogP contribution < -0.4 is 0 Å². The average Bonchev–Trinajstić information content (AvgIpc) is 3.53. The maximum Gasteiger partial charge on any atom is 0.241 e. The van der Waals surface area contributed by atoms with E-state index in [0.29, 0.717) is 36.7 Å². The summed E-state index contributed by atoms with van der Waals surface area (Å²) in [5.41, 5.74) is 1.82. The molecule has 0 bridgehead atoms. The molecule has 2 aromatic heterocycles. The van der Waals surface area contributed by atoms with E-state index in [1.54, 1.807) is 14.2 Å². The number of methoxy groups -OCH3 is 2. The van der Waals surface area contributed by atoms with Crippen molar-refractivity contribution in [1.82, 2.24) is 30.0 Å². The molecule has 3 heterocycles. The molecule has 2 fully saturated rings. The topological polar surface area (TPSA) is 91.3 Å². The van der Waals surface area contributed by atoms with E-state index in [2.05, 4.69) is 25.4 Å². The van der Waals surface area contributed by atoms with Gasteiger partial charge in [0.25, 0.3) is 0 Å². The molecule has 0 N–H and O–H groups in total. The fraction of sp³-hybridized carbons (Fsp3) is 0.545. The minimum atomic E-state index is 0.131. The highest BCUT2D eigenvalue weighted by Crippen LogP contribution is 2.42. The largest absolute Gasteiger partial charge is 0.379 e. The van der Waals surface area contributed by atoms with E-state index >= 15 is 0 Å². The number of ether oxygens (including phenoxy) is 2. The lowest BCUT2D eigenvalue weighted by Crippen LogP contribution is -2.37. The van der Waals surface area contributed by atoms with Gasteiger partial charge in [-0.1, -0.05) is 40.7 Å². The summed E-state index contributed by atoms with van der Waals surface area (Å²) in [6.45, 7) is 3.18. The van der Waals surface area contributed by atoms with Gasteiger partial charge in [0.05, 0.1) is 31.5 Å². The number of nitrogens with zero attached hydrogens (tertiary/aromatic N) is 6. The fourth-order valence-corrected chi connectivity index (χ4v) is 5.05. The summed E-state index contributed by atoms with van der Waals surface area (Å²) in [6.07, 6.45) is 4.15. The molecule has 4 atom stereocenters. The smallest absolute Gasteiger partial charge is 0.241 e. The molecule has 1 aliphatic heterocycles. The molecule has 1 saturated carbocycles. The van der Waals surface area contributed by atoms with Gasteiger partial charge in [-0.15, -0.1) is 5.10 Å². The zero-order valence-corrected chi connectivity index (χ0v) is 17.9. The summed E-state index contributed by atoms with van der Waals surface area (Å²) in [4.78, 5) is 7.02. The molecule has 3 aromatic rings. The summed E-state index contributed by atoms with van der Waals surface area (Å²) in [7, 11) is 3.46. The number of rotatable bonds is 7. The summed E-state index contributed by atoms with van der Waals surface area (Å²) >= 11 is 0. The van der Waals surface area contributed by atoms with E-state index in [1.807, 2.05) is 41.2 Å². The number of hydrogen-bond donors (Lipinski definition) is 0. The Hall–Kier alpha value is -2.62. The molecule has 9 nitrogen and oxygen atoms in total. The molecule has 1 aliphatic carbocycles. The van der Waals surface area contributed by atoms with Crippen molar-refractivity contribution < 1.29 is 14.0 Å². The Morgan fingerprint density at radius 3 is 2.68 bits per heavy atom. The molecule has 31 heavy (non-hydrogen) atoms. The van der Waals surface area contributed by atoms with Crippen LogP contribution in [0.25, 0.3) is 11.4 Å². The van der Waals surface area contributed by atoms with Crippen LogP contribution in [0.3, 0.4) is 0 Å². The Bertz CT molecular complexity index is 990. The van der Waals surface area contributed by atoms with Gasteiger partial charge in [0, 0.05) is 32.9 Å². The molecule has 1 saturated heterocycles. The quantitative estimate of drug-likeness (QED) is 0.572. The molecule has 0 amide bonds. The standard InChI is InChI=1S/C22H28N6O3/c1-29-14-18-12-28(26-24-18)19-8-16-10-27(11-17(16)9-20(19)30-2)13-21-23-22(25-31-21)15-6-4-3-5-7-15/h3-7,12,16-17,19-20H,8-11,13-14H2,1-2H3/t16-,17+,19-,20-/m1/s1. The van der Waals surface area contributed by atoms with E-state index in [1.165, 1.54) is 0 Å². The number of benzene rings is 1. The molecule has 9 heteroatoms. The summed E-state index contributed by atoms with van der Waals surface area (Å²) < 4.78 is 18.5. The molecule has 0 radical (unpaired) electrons. The monoisotopic (exact) mass is 424 g/mol. The molecule has 5 rings (SSSR count). The lowest BCUT2D eigenvalue weighted by molar-refractivity contribution is -0.00548. The first-order valence-corrected chi connectivity index (χ1v) is 10.8. The van der Waals surface area contributed by atoms with Gasteiger partial charge in [-0.2, -0.15) is 4.98 Å². The predicted molar refractivity (Wildman–Crippen MR) is 112 cm³/mol. The zero-order chi connectivity index (χ0) is 21.2. The van der Waals surface area contributed by atoms with Crippen LogP contribution in [-0.4, -0.2) is 63.4 Å². The van der Waals surface area contributed by atoms with Crippen LogP contribution >= 0.6 is 0 Å². The lowest BCUT2D eigenvalue weighted by Gasteiger charge is -2.37. The van der Waals surface area contributed by atoms with Gasteiger partial charge in [-0.25, -0.2) is 4.68 Å². The molecule has 0 spiro atoms. The number of likely N-dealkylation sites (tertiary alicyclic amines) is 1. The second-order valence-corrected chi connectivity index (χ2v) is 8.53. The van der Waals surface area contributed by atoms with Gasteiger partial charge in [-0.3, -0.25) is 4.90 Å². The van der Waals surface area contributed by atoms with Gasteiger partial charge in [0.15, 0.2) is 0 Å². The van der Waals surface area contributed by atoms with Crippen LogP contribution in [0.4, 0.5) is 0 Å². The Labute approximate surface area is 181 Å². The van der Waals surface area contributed by atoms with Crippen molar-refractivity contribution in [1.29, 1.82) is 0 Å². The van der Waals surface area contributed by atoms with Crippen molar-refractivity contribution in [3.63, 3.8) is 0 Å². The zero-order valence-electron chi connectivity index (χ0n) is 17.9. The van der Waals surface area contributed by atoms with Crippen LogP contribution in [0.5, 0.6) is 0 Å². The summed E-state index contributed by atoms with van der Waals surface area (Å²) in [5, 5.41) is 12.7. The third-order valence-electron chi connectivity index (χ3n) is 6.51. The molecule has 164 valence electrons. The van der Waals surface area contributed by atoms with Gasteiger partial charge >= 0.3 is 0 Å². The Kier molecular flexibility index (Phi) is 5.80. The predicted octanol–water partition coefficient (Wildman–Crippen LogP) is 2.57. The molecule has 2 aliphatic rings. The summed E-state index contributed by atoms with van der Waals surface area (Å²) in [6, 6.07) is 10.1. The van der Waals surface area contributed by atoms with Crippen LogP contribution in [0, 0.1) is 11.8 Å². The van der Waals surface area contributed by atoms with E-state index < -0.39 is 0 Å². The fourth-order valence-electron chi connectivity index (χ4n) is 5.05. The first kappa shape index (κ1) is 20.3. The van der Waals surface area contributed by atoms with E-state index in [4.69, 9.17) is 14.0 Å². The lowest BCUT2D eigenvalue weighted by atomic mass is 9.77.